The molecule has 3 atom stereocenters. The first-order valence-corrected chi connectivity index (χ1v) is 15.4. The number of hydrogen-bond donors (Lipinski definition) is 0. The average Bonchev–Trinajstić information content (AvgIpc) is 3.23. The maximum Gasteiger partial charge on any atom is 0.330 e. The number of rotatable bonds is 9. The maximum absolute atomic E-state index is 11.8. The molecule has 0 unspecified atom stereocenters. The van der Waals surface area contributed by atoms with Gasteiger partial charge in [-0.2, -0.15) is 0 Å². The van der Waals surface area contributed by atoms with Gasteiger partial charge in [-0.25, -0.2) is 4.79 Å². The molecule has 0 amide bonds. The van der Waals surface area contributed by atoms with Crippen molar-refractivity contribution in [1.82, 2.24) is 0 Å². The largest absolute Gasteiger partial charge is 0.466 e. The minimum Gasteiger partial charge on any atom is -0.466 e. The summed E-state index contributed by atoms with van der Waals surface area (Å²) in [6.45, 7) is 10.7. The number of ether oxygens (including phenoxy) is 3. The lowest BCUT2D eigenvalue weighted by Gasteiger charge is -2.46. The summed E-state index contributed by atoms with van der Waals surface area (Å²) in [5.41, 5.74) is 1.03. The Morgan fingerprint density at radius 3 is 1.90 bits per heavy atom. The Balaban J connectivity index is 1.87. The summed E-state index contributed by atoms with van der Waals surface area (Å²) >= 11 is 0. The molecule has 3 aromatic carbocycles. The van der Waals surface area contributed by atoms with Crippen molar-refractivity contribution in [2.24, 2.45) is 0 Å². The Kier molecular flexibility index (Phi) is 8.92. The van der Waals surface area contributed by atoms with Crippen LogP contribution in [-0.2, 0) is 23.4 Å². The molecule has 1 aliphatic heterocycles. The van der Waals surface area contributed by atoms with Crippen molar-refractivity contribution in [2.75, 3.05) is 7.11 Å². The zero-order chi connectivity index (χ0) is 28.1. The molecule has 3 aromatic rings. The average molecular weight is 545 g/mol. The highest BCUT2D eigenvalue weighted by Gasteiger charge is 2.55. The summed E-state index contributed by atoms with van der Waals surface area (Å²) in [6, 6.07) is 31.5. The molecule has 0 N–H and O–H groups in total. The van der Waals surface area contributed by atoms with E-state index in [9.17, 15) is 4.79 Å². The Hall–Kier alpha value is -3.03. The molecule has 0 radical (unpaired) electrons. The van der Waals surface area contributed by atoms with Crippen LogP contribution in [0.15, 0.2) is 103 Å². The molecule has 1 saturated heterocycles. The van der Waals surface area contributed by atoms with Crippen LogP contribution in [0.3, 0.4) is 0 Å². The molecule has 1 aliphatic rings. The number of carbonyl (C=O) groups excluding carboxylic acids is 1. The van der Waals surface area contributed by atoms with Crippen molar-refractivity contribution in [3.8, 4) is 0 Å². The van der Waals surface area contributed by atoms with Gasteiger partial charge >= 0.3 is 5.97 Å². The molecular formula is C33H40O5Si. The van der Waals surface area contributed by atoms with Crippen molar-refractivity contribution >= 4 is 24.7 Å². The second-order valence-electron chi connectivity index (χ2n) is 11.4. The third-order valence-electron chi connectivity index (χ3n) is 7.19. The quantitative estimate of drug-likeness (QED) is 0.190. The second kappa shape index (κ2) is 12.0. The van der Waals surface area contributed by atoms with Crippen molar-refractivity contribution in [3.63, 3.8) is 0 Å². The maximum atomic E-state index is 11.8. The highest BCUT2D eigenvalue weighted by molar-refractivity contribution is 6.99. The first-order chi connectivity index (χ1) is 18.6. The van der Waals surface area contributed by atoms with Gasteiger partial charge in [0.15, 0.2) is 5.79 Å². The zero-order valence-electron chi connectivity index (χ0n) is 23.8. The zero-order valence-corrected chi connectivity index (χ0v) is 24.8. The smallest absolute Gasteiger partial charge is 0.330 e. The topological polar surface area (TPSA) is 54.0 Å². The lowest BCUT2D eigenvalue weighted by atomic mass is 9.98. The molecule has 5 nitrogen and oxygen atoms in total. The third kappa shape index (κ3) is 6.42. The van der Waals surface area contributed by atoms with Crippen molar-refractivity contribution in [3.05, 3.63) is 109 Å². The van der Waals surface area contributed by atoms with E-state index in [0.29, 0.717) is 6.42 Å². The van der Waals surface area contributed by atoms with Gasteiger partial charge in [-0.05, 0) is 41.2 Å². The fourth-order valence-electron chi connectivity index (χ4n) is 5.52. The SMILES string of the molecule is COC(=O)/C=C\C[C@H]1OC(C)(C)O[C@@H]1[C@H](O[Si](c1ccccc1)(c1ccccc1)C(C)(C)C)c1ccccc1. The second-order valence-corrected chi connectivity index (χ2v) is 15.7. The third-order valence-corrected chi connectivity index (χ3v) is 12.2. The Morgan fingerprint density at radius 2 is 1.41 bits per heavy atom. The fourth-order valence-corrected chi connectivity index (χ4v) is 10.2. The van der Waals surface area contributed by atoms with E-state index in [4.69, 9.17) is 18.6 Å². The van der Waals surface area contributed by atoms with Crippen LogP contribution < -0.4 is 10.4 Å². The fraction of sp³-hybridized carbons (Fsp3) is 0.364. The van der Waals surface area contributed by atoms with Gasteiger partial charge < -0.3 is 18.6 Å². The molecule has 0 aliphatic carbocycles. The monoisotopic (exact) mass is 544 g/mol. The lowest BCUT2D eigenvalue weighted by Crippen LogP contribution is -2.67. The van der Waals surface area contributed by atoms with Crippen LogP contribution in [-0.4, -0.2) is 39.4 Å². The van der Waals surface area contributed by atoms with Gasteiger partial charge in [-0.15, -0.1) is 0 Å². The summed E-state index contributed by atoms with van der Waals surface area (Å²) in [5.74, 6) is -1.20. The summed E-state index contributed by atoms with van der Waals surface area (Å²) in [7, 11) is -1.55. The van der Waals surface area contributed by atoms with Crippen molar-refractivity contribution < 1.29 is 23.4 Å². The van der Waals surface area contributed by atoms with Gasteiger partial charge in [0, 0.05) is 6.08 Å². The van der Waals surface area contributed by atoms with Crippen LogP contribution in [0.4, 0.5) is 0 Å². The number of hydrogen-bond acceptors (Lipinski definition) is 5. The highest BCUT2D eigenvalue weighted by atomic mass is 28.4. The Bertz CT molecular complexity index is 1200. The van der Waals surface area contributed by atoms with Gasteiger partial charge in [0.1, 0.15) is 12.2 Å². The summed E-state index contributed by atoms with van der Waals surface area (Å²) in [4.78, 5) is 11.8. The molecule has 4 rings (SSSR count). The van der Waals surface area contributed by atoms with Gasteiger partial charge in [0.2, 0.25) is 0 Å². The first-order valence-electron chi connectivity index (χ1n) is 13.5. The van der Waals surface area contributed by atoms with E-state index in [-0.39, 0.29) is 11.1 Å². The number of carbonyl (C=O) groups is 1. The molecule has 1 heterocycles. The number of benzene rings is 3. The minimum atomic E-state index is -2.92. The van der Waals surface area contributed by atoms with E-state index in [1.807, 2.05) is 44.2 Å². The molecular weight excluding hydrogens is 504 g/mol. The molecule has 0 bridgehead atoms. The molecule has 0 spiro atoms. The van der Waals surface area contributed by atoms with E-state index in [1.54, 1.807) is 6.08 Å². The predicted molar refractivity (Wildman–Crippen MR) is 157 cm³/mol. The van der Waals surface area contributed by atoms with Crippen LogP contribution in [0.2, 0.25) is 5.04 Å². The van der Waals surface area contributed by atoms with E-state index >= 15 is 0 Å². The highest BCUT2D eigenvalue weighted by Crippen LogP contribution is 2.44. The van der Waals surface area contributed by atoms with Gasteiger partial charge in [-0.1, -0.05) is 118 Å². The Labute approximate surface area is 233 Å². The Morgan fingerprint density at radius 1 is 0.897 bits per heavy atom. The number of esters is 1. The van der Waals surface area contributed by atoms with Gasteiger partial charge in [0.25, 0.3) is 8.32 Å². The van der Waals surface area contributed by atoms with E-state index in [1.165, 1.54) is 23.6 Å². The van der Waals surface area contributed by atoms with Crippen molar-refractivity contribution in [1.29, 1.82) is 0 Å². The van der Waals surface area contributed by atoms with E-state index in [0.717, 1.165) is 5.56 Å². The summed E-state index contributed by atoms with van der Waals surface area (Å²) in [5, 5.41) is 2.19. The van der Waals surface area contributed by atoms with Crippen LogP contribution >= 0.6 is 0 Å². The predicted octanol–water partition coefficient (Wildman–Crippen LogP) is 5.94. The normalized spacial score (nSPS) is 20.2. The lowest BCUT2D eigenvalue weighted by molar-refractivity contribution is -0.154. The van der Waals surface area contributed by atoms with Crippen LogP contribution in [0.25, 0.3) is 0 Å². The number of methoxy groups -OCH3 is 1. The first kappa shape index (κ1) is 29.0. The summed E-state index contributed by atoms with van der Waals surface area (Å²) in [6.07, 6.45) is 2.55. The summed E-state index contributed by atoms with van der Waals surface area (Å²) < 4.78 is 25.4. The van der Waals surface area contributed by atoms with E-state index < -0.39 is 32.3 Å². The molecule has 6 heteroatoms. The van der Waals surface area contributed by atoms with Crippen LogP contribution in [0.5, 0.6) is 0 Å². The standard InChI is InChI=1S/C33H40O5Si/c1-32(2,3)39(26-19-12-8-13-20-26,27-21-14-9-15-22-27)38-30(25-17-10-7-11-18-25)31-28(36-33(4,5)37-31)23-16-24-29(34)35-6/h7-22,24,28,30-31H,23H2,1-6H3/b24-16-/t28-,30-,31+/m1/s1. The van der Waals surface area contributed by atoms with Crippen LogP contribution in [0.1, 0.15) is 52.7 Å². The molecule has 39 heavy (non-hydrogen) atoms. The minimum absolute atomic E-state index is 0.210. The molecule has 0 saturated carbocycles. The van der Waals surface area contributed by atoms with Gasteiger partial charge in [-0.3, -0.25) is 0 Å². The van der Waals surface area contributed by atoms with E-state index in [2.05, 4.69) is 81.4 Å². The molecule has 206 valence electrons. The molecule has 1 fully saturated rings. The van der Waals surface area contributed by atoms with Crippen LogP contribution in [0, 0.1) is 0 Å². The van der Waals surface area contributed by atoms with Gasteiger partial charge in [0.05, 0.1) is 13.2 Å². The van der Waals surface area contributed by atoms with Crippen molar-refractivity contribution in [2.45, 2.75) is 70.2 Å². The molecule has 0 aromatic heterocycles.